The molecular weight excluding hydrogens is 531 g/mol. The Morgan fingerprint density at radius 1 is 0.950 bits per heavy atom. The number of Topliss-reactive ketones (excluding diaryl/α,β-unsaturated/α-hetero) is 1. The first kappa shape index (κ1) is 27.0. The van der Waals surface area contributed by atoms with Crippen LogP contribution in [0.5, 0.6) is 0 Å². The highest BCUT2D eigenvalue weighted by atomic mass is 32.2. The summed E-state index contributed by atoms with van der Waals surface area (Å²) in [4.78, 5) is 44.0. The van der Waals surface area contributed by atoms with Gasteiger partial charge in [-0.1, -0.05) is 60.3 Å². The predicted octanol–water partition coefficient (Wildman–Crippen LogP) is 5.33. The van der Waals surface area contributed by atoms with Crippen LogP contribution in [0.2, 0.25) is 0 Å². The van der Waals surface area contributed by atoms with E-state index in [2.05, 4.69) is 15.6 Å². The quantitative estimate of drug-likeness (QED) is 0.256. The lowest BCUT2D eigenvalue weighted by atomic mass is 10.1. The molecule has 1 unspecified atom stereocenters. The normalized spacial score (nSPS) is 15.9. The van der Waals surface area contributed by atoms with Gasteiger partial charge in [0.2, 0.25) is 11.8 Å². The second-order valence-corrected chi connectivity index (χ2v) is 10.0. The summed E-state index contributed by atoms with van der Waals surface area (Å²) in [7, 11) is 0. The number of halogens is 1. The molecule has 1 aliphatic heterocycles. The number of thioether (sulfide) groups is 1. The topological polar surface area (TPSA) is 104 Å². The molecule has 0 radical (unpaired) electrons. The number of hydrogen-bond acceptors (Lipinski definition) is 7. The zero-order valence-corrected chi connectivity index (χ0v) is 22.1. The summed E-state index contributed by atoms with van der Waals surface area (Å²) < 4.78 is 19.2. The summed E-state index contributed by atoms with van der Waals surface area (Å²) in [6, 6.07) is 25.2. The summed E-state index contributed by atoms with van der Waals surface area (Å²) >= 11 is 1.27. The van der Waals surface area contributed by atoms with E-state index in [1.54, 1.807) is 72.8 Å². The number of carbonyl (C=O) groups is 3. The van der Waals surface area contributed by atoms with Crippen molar-refractivity contribution in [2.45, 2.75) is 11.8 Å². The second-order valence-electron chi connectivity index (χ2n) is 8.94. The van der Waals surface area contributed by atoms with Crippen LogP contribution in [0.15, 0.2) is 107 Å². The van der Waals surface area contributed by atoms with Gasteiger partial charge in [0, 0.05) is 11.3 Å². The van der Waals surface area contributed by atoms with E-state index in [0.717, 1.165) is 5.56 Å². The standard InChI is InChI=1S/C30H25FN4O4S/c31-22-8-4-9-24(16-22)34-30-35(19-25-10-5-15-39-25)29(38)28(40-30)21-11-13-23(14-12-21)33-27(37)18-32-17-26(36)20-6-2-1-3-7-20/h1-16,28,32H,17-19H2,(H,33,37). The smallest absolute Gasteiger partial charge is 0.247 e. The lowest BCUT2D eigenvalue weighted by Gasteiger charge is -2.15. The first-order valence-electron chi connectivity index (χ1n) is 12.5. The second kappa shape index (κ2) is 12.5. The highest BCUT2D eigenvalue weighted by Gasteiger charge is 2.39. The van der Waals surface area contributed by atoms with Crippen molar-refractivity contribution in [2.24, 2.45) is 4.99 Å². The molecule has 2 heterocycles. The van der Waals surface area contributed by atoms with Crippen molar-refractivity contribution in [2.75, 3.05) is 18.4 Å². The van der Waals surface area contributed by atoms with Crippen LogP contribution in [0.25, 0.3) is 0 Å². The molecule has 2 N–H and O–H groups in total. The molecule has 202 valence electrons. The Balaban J connectivity index is 1.22. The summed E-state index contributed by atoms with van der Waals surface area (Å²) in [5.74, 6) is -0.396. The van der Waals surface area contributed by atoms with E-state index in [0.29, 0.717) is 27.9 Å². The zero-order valence-electron chi connectivity index (χ0n) is 21.2. The lowest BCUT2D eigenvalue weighted by Crippen LogP contribution is -2.32. The minimum absolute atomic E-state index is 0.0288. The molecule has 1 aromatic heterocycles. The largest absolute Gasteiger partial charge is 0.467 e. The van der Waals surface area contributed by atoms with E-state index in [9.17, 15) is 18.8 Å². The van der Waals surface area contributed by atoms with Gasteiger partial charge in [-0.3, -0.25) is 19.3 Å². The maximum atomic E-state index is 13.7. The molecule has 1 fully saturated rings. The van der Waals surface area contributed by atoms with Gasteiger partial charge in [-0.25, -0.2) is 9.38 Å². The predicted molar refractivity (Wildman–Crippen MR) is 152 cm³/mol. The van der Waals surface area contributed by atoms with E-state index in [1.165, 1.54) is 35.1 Å². The third-order valence-electron chi connectivity index (χ3n) is 6.04. The number of furan rings is 1. The van der Waals surface area contributed by atoms with E-state index in [4.69, 9.17) is 4.42 Å². The number of ketones is 1. The third-order valence-corrected chi connectivity index (χ3v) is 7.27. The van der Waals surface area contributed by atoms with Crippen molar-refractivity contribution in [3.63, 3.8) is 0 Å². The van der Waals surface area contributed by atoms with Crippen molar-refractivity contribution in [3.8, 4) is 0 Å². The number of anilines is 1. The highest BCUT2D eigenvalue weighted by molar-refractivity contribution is 8.15. The molecule has 2 amide bonds. The number of nitrogens with one attached hydrogen (secondary N) is 2. The van der Waals surface area contributed by atoms with Gasteiger partial charge < -0.3 is 15.1 Å². The summed E-state index contributed by atoms with van der Waals surface area (Å²) in [6.45, 7) is 0.210. The molecule has 1 aliphatic rings. The average molecular weight is 557 g/mol. The molecule has 4 aromatic rings. The van der Waals surface area contributed by atoms with Crippen molar-refractivity contribution < 1.29 is 23.2 Å². The molecule has 5 rings (SSSR count). The first-order chi connectivity index (χ1) is 19.5. The van der Waals surface area contributed by atoms with E-state index < -0.39 is 11.1 Å². The summed E-state index contributed by atoms with van der Waals surface area (Å²) in [5.41, 5.74) is 2.27. The molecule has 0 aliphatic carbocycles. The van der Waals surface area contributed by atoms with Crippen molar-refractivity contribution >= 4 is 45.9 Å². The minimum atomic E-state index is -0.572. The fourth-order valence-corrected chi connectivity index (χ4v) is 5.25. The molecule has 1 atom stereocenters. The van der Waals surface area contributed by atoms with Gasteiger partial charge in [-0.15, -0.1) is 0 Å². The van der Waals surface area contributed by atoms with Crippen molar-refractivity contribution in [1.82, 2.24) is 10.2 Å². The van der Waals surface area contributed by atoms with Gasteiger partial charge in [0.15, 0.2) is 11.0 Å². The maximum Gasteiger partial charge on any atom is 0.247 e. The summed E-state index contributed by atoms with van der Waals surface area (Å²) in [6.07, 6.45) is 1.54. The van der Waals surface area contributed by atoms with E-state index in [1.807, 2.05) is 6.07 Å². The van der Waals surface area contributed by atoms with Gasteiger partial charge in [0.1, 0.15) is 16.8 Å². The third kappa shape index (κ3) is 6.71. The van der Waals surface area contributed by atoms with Crippen LogP contribution < -0.4 is 10.6 Å². The Labute approximate surface area is 234 Å². The van der Waals surface area contributed by atoms with Gasteiger partial charge in [-0.2, -0.15) is 0 Å². The number of hydrogen-bond donors (Lipinski definition) is 2. The number of amides is 2. The SMILES string of the molecule is O=C(CNCC(=O)c1ccccc1)Nc1ccc(C2SC(=Nc3cccc(F)c3)N(Cc3ccco3)C2=O)cc1. The number of rotatable bonds is 10. The van der Waals surface area contributed by atoms with Gasteiger partial charge in [0.05, 0.1) is 31.6 Å². The van der Waals surface area contributed by atoms with E-state index >= 15 is 0 Å². The Kier molecular flexibility index (Phi) is 8.48. The van der Waals surface area contributed by atoms with Crippen LogP contribution in [0.1, 0.15) is 26.9 Å². The van der Waals surface area contributed by atoms with Crippen LogP contribution in [0.4, 0.5) is 15.8 Å². The molecule has 8 nitrogen and oxygen atoms in total. The van der Waals surface area contributed by atoms with Crippen LogP contribution in [0.3, 0.4) is 0 Å². The van der Waals surface area contributed by atoms with Gasteiger partial charge >= 0.3 is 0 Å². The van der Waals surface area contributed by atoms with Crippen molar-refractivity contribution in [3.05, 3.63) is 120 Å². The molecule has 40 heavy (non-hydrogen) atoms. The molecule has 0 saturated carbocycles. The van der Waals surface area contributed by atoms with Crippen LogP contribution in [-0.4, -0.2) is 40.8 Å². The van der Waals surface area contributed by atoms with E-state index in [-0.39, 0.29) is 37.2 Å². The zero-order chi connectivity index (χ0) is 27.9. The number of carbonyl (C=O) groups excluding carboxylic acids is 3. The van der Waals surface area contributed by atoms with Crippen LogP contribution in [-0.2, 0) is 16.1 Å². The minimum Gasteiger partial charge on any atom is -0.467 e. The van der Waals surface area contributed by atoms with Crippen molar-refractivity contribution in [1.29, 1.82) is 0 Å². The number of benzene rings is 3. The number of nitrogens with zero attached hydrogens (tertiary/aromatic N) is 2. The number of aliphatic imine (C=N–C) groups is 1. The molecule has 10 heteroatoms. The fraction of sp³-hybridized carbons (Fsp3) is 0.133. The Morgan fingerprint density at radius 3 is 2.48 bits per heavy atom. The average Bonchev–Trinajstić information content (AvgIpc) is 3.58. The molecule has 0 bridgehead atoms. The Bertz CT molecular complexity index is 1530. The number of amidine groups is 1. The molecule has 1 saturated heterocycles. The van der Waals surface area contributed by atoms with Crippen LogP contribution in [0, 0.1) is 5.82 Å². The highest BCUT2D eigenvalue weighted by Crippen LogP contribution is 2.41. The summed E-state index contributed by atoms with van der Waals surface area (Å²) in [5, 5.41) is 5.50. The van der Waals surface area contributed by atoms with Gasteiger partial charge in [0.25, 0.3) is 0 Å². The molecular formula is C30H25FN4O4S. The Hall–Kier alpha value is -4.54. The van der Waals surface area contributed by atoms with Gasteiger partial charge in [-0.05, 0) is 48.0 Å². The molecule has 3 aromatic carbocycles. The fourth-order valence-electron chi connectivity index (χ4n) is 4.07. The maximum absolute atomic E-state index is 13.7. The lowest BCUT2D eigenvalue weighted by molar-refractivity contribution is -0.126. The van der Waals surface area contributed by atoms with Crippen LogP contribution >= 0.6 is 11.8 Å². The Morgan fingerprint density at radius 2 is 1.75 bits per heavy atom. The monoisotopic (exact) mass is 556 g/mol. The molecule has 0 spiro atoms. The first-order valence-corrected chi connectivity index (χ1v) is 13.4.